The van der Waals surface area contributed by atoms with Gasteiger partial charge in [0.25, 0.3) is 0 Å². The lowest BCUT2D eigenvalue weighted by molar-refractivity contribution is -0.137. The molecule has 0 spiro atoms. The zero-order valence-electron chi connectivity index (χ0n) is 15.8. The summed E-state index contributed by atoms with van der Waals surface area (Å²) in [6.45, 7) is 0. The van der Waals surface area contributed by atoms with Crippen LogP contribution in [0.2, 0.25) is 0 Å². The molecule has 0 heterocycles. The van der Waals surface area contributed by atoms with Crippen LogP contribution >= 0.6 is 0 Å². The molecule has 1 amide bonds. The summed E-state index contributed by atoms with van der Waals surface area (Å²) in [5.74, 6) is -0.360. The van der Waals surface area contributed by atoms with Gasteiger partial charge in [-0.15, -0.1) is 0 Å². The molecule has 156 valence electrons. The van der Waals surface area contributed by atoms with Crippen molar-refractivity contribution in [3.05, 3.63) is 59.7 Å². The smallest absolute Gasteiger partial charge is 0.416 e. The van der Waals surface area contributed by atoms with Crippen molar-refractivity contribution in [1.29, 1.82) is 0 Å². The molecule has 0 bridgehead atoms. The molecule has 6 nitrogen and oxygen atoms in total. The maximum atomic E-state index is 12.6. The van der Waals surface area contributed by atoms with Gasteiger partial charge in [-0.05, 0) is 42.0 Å². The number of halogens is 3. The first kappa shape index (κ1) is 22.4. The summed E-state index contributed by atoms with van der Waals surface area (Å²) in [6, 6.07) is 8.31. The van der Waals surface area contributed by atoms with E-state index in [-0.39, 0.29) is 16.3 Å². The van der Waals surface area contributed by atoms with Crippen molar-refractivity contribution in [1.82, 2.24) is 4.31 Å². The molecule has 0 unspecified atom stereocenters. The predicted octanol–water partition coefficient (Wildman–Crippen LogP) is 3.62. The van der Waals surface area contributed by atoms with Crippen LogP contribution < -0.4 is 10.1 Å². The molecule has 1 N–H and O–H groups in total. The van der Waals surface area contributed by atoms with E-state index in [1.54, 1.807) is 0 Å². The van der Waals surface area contributed by atoms with Crippen LogP contribution in [0.15, 0.2) is 53.4 Å². The Kier molecular flexibility index (Phi) is 6.70. The fourth-order valence-corrected chi connectivity index (χ4v) is 3.21. The number of carbonyl (C=O) groups excluding carboxylic acids is 1. The molecule has 2 rings (SSSR count). The third-order valence-electron chi connectivity index (χ3n) is 3.87. The third-order valence-corrected chi connectivity index (χ3v) is 5.68. The Hall–Kier alpha value is -2.85. The van der Waals surface area contributed by atoms with Crippen LogP contribution in [-0.4, -0.2) is 39.8 Å². The lowest BCUT2D eigenvalue weighted by Gasteiger charge is -2.14. The highest BCUT2D eigenvalue weighted by Crippen LogP contribution is 2.30. The van der Waals surface area contributed by atoms with E-state index < -0.39 is 27.7 Å². The molecule has 0 aliphatic rings. The minimum absolute atomic E-state index is 0.0367. The summed E-state index contributed by atoms with van der Waals surface area (Å²) in [7, 11) is 0.408. The van der Waals surface area contributed by atoms with Crippen molar-refractivity contribution in [2.24, 2.45) is 0 Å². The van der Waals surface area contributed by atoms with E-state index >= 15 is 0 Å². The molecule has 29 heavy (non-hydrogen) atoms. The Morgan fingerprint density at radius 3 is 2.24 bits per heavy atom. The molecule has 0 aliphatic heterocycles. The molecule has 0 aromatic heterocycles. The zero-order valence-corrected chi connectivity index (χ0v) is 16.6. The normalized spacial score (nSPS) is 12.4. The van der Waals surface area contributed by atoms with Crippen LogP contribution in [0.3, 0.4) is 0 Å². The summed E-state index contributed by atoms with van der Waals surface area (Å²) in [5, 5.41) is 2.51. The summed E-state index contributed by atoms with van der Waals surface area (Å²) in [4.78, 5) is 12.1. The van der Waals surface area contributed by atoms with Crippen LogP contribution in [0.1, 0.15) is 11.1 Å². The van der Waals surface area contributed by atoms with E-state index in [0.29, 0.717) is 5.56 Å². The SMILES string of the molecule is COc1ccc(S(=O)(=O)N(C)C)cc1NC(=O)/C=C/c1ccc(C(F)(F)F)cc1. The van der Waals surface area contributed by atoms with Crippen molar-refractivity contribution in [3.63, 3.8) is 0 Å². The van der Waals surface area contributed by atoms with Crippen LogP contribution in [0.25, 0.3) is 6.08 Å². The largest absolute Gasteiger partial charge is 0.495 e. The standard InChI is InChI=1S/C19H19F3N2O4S/c1-24(2)29(26,27)15-9-10-17(28-3)16(12-15)23-18(25)11-6-13-4-7-14(8-5-13)19(20,21)22/h4-12H,1-3H3,(H,23,25)/b11-6+. The van der Waals surface area contributed by atoms with Gasteiger partial charge in [-0.25, -0.2) is 12.7 Å². The van der Waals surface area contributed by atoms with Crippen LogP contribution in [0.4, 0.5) is 18.9 Å². The number of carbonyl (C=O) groups is 1. The molecule has 0 fully saturated rings. The van der Waals surface area contributed by atoms with Gasteiger partial charge in [-0.2, -0.15) is 13.2 Å². The lowest BCUT2D eigenvalue weighted by atomic mass is 10.1. The number of alkyl halides is 3. The van der Waals surface area contributed by atoms with Crippen molar-refractivity contribution in [2.45, 2.75) is 11.1 Å². The second-order valence-electron chi connectivity index (χ2n) is 6.09. The minimum atomic E-state index is -4.44. The first-order chi connectivity index (χ1) is 13.4. The van der Waals surface area contributed by atoms with E-state index in [1.807, 2.05) is 0 Å². The van der Waals surface area contributed by atoms with Gasteiger partial charge < -0.3 is 10.1 Å². The fourth-order valence-electron chi connectivity index (χ4n) is 2.29. The van der Waals surface area contributed by atoms with E-state index in [2.05, 4.69) is 5.32 Å². The first-order valence-corrected chi connectivity index (χ1v) is 9.66. The van der Waals surface area contributed by atoms with Gasteiger partial charge in [0.15, 0.2) is 0 Å². The Balaban J connectivity index is 2.20. The van der Waals surface area contributed by atoms with Gasteiger partial charge in [0, 0.05) is 20.2 Å². The van der Waals surface area contributed by atoms with Crippen LogP contribution in [-0.2, 0) is 21.0 Å². The summed E-state index contributed by atoms with van der Waals surface area (Å²) in [6.07, 6.45) is -1.98. The summed E-state index contributed by atoms with van der Waals surface area (Å²) >= 11 is 0. The van der Waals surface area contributed by atoms with Gasteiger partial charge in [0.1, 0.15) is 5.75 Å². The summed E-state index contributed by atoms with van der Waals surface area (Å²) < 4.78 is 68.4. The maximum Gasteiger partial charge on any atom is 0.416 e. The monoisotopic (exact) mass is 428 g/mol. The second kappa shape index (κ2) is 8.66. The molecule has 0 aliphatic carbocycles. The molecular formula is C19H19F3N2O4S. The number of ether oxygens (including phenoxy) is 1. The number of sulfonamides is 1. The average molecular weight is 428 g/mol. The number of anilines is 1. The topological polar surface area (TPSA) is 75.7 Å². The molecule has 0 atom stereocenters. The highest BCUT2D eigenvalue weighted by Gasteiger charge is 2.29. The number of benzene rings is 2. The fraction of sp³-hybridized carbons (Fsp3) is 0.211. The zero-order chi connectivity index (χ0) is 21.8. The molecule has 0 saturated heterocycles. The van der Waals surface area contributed by atoms with E-state index in [9.17, 15) is 26.4 Å². The van der Waals surface area contributed by atoms with E-state index in [0.717, 1.165) is 22.5 Å². The van der Waals surface area contributed by atoms with E-state index in [1.165, 1.54) is 57.6 Å². The van der Waals surface area contributed by atoms with Crippen molar-refractivity contribution < 1.29 is 31.1 Å². The van der Waals surface area contributed by atoms with Gasteiger partial charge in [0.05, 0.1) is 23.3 Å². The summed E-state index contributed by atoms with van der Waals surface area (Å²) in [5.41, 5.74) is -0.260. The Morgan fingerprint density at radius 1 is 1.10 bits per heavy atom. The predicted molar refractivity (Wildman–Crippen MR) is 103 cm³/mol. The molecule has 0 radical (unpaired) electrons. The highest BCUT2D eigenvalue weighted by atomic mass is 32.2. The lowest BCUT2D eigenvalue weighted by Crippen LogP contribution is -2.22. The van der Waals surface area contributed by atoms with Gasteiger partial charge in [-0.1, -0.05) is 12.1 Å². The Labute approximate surface area is 166 Å². The number of rotatable bonds is 6. The van der Waals surface area contributed by atoms with Crippen molar-refractivity contribution in [3.8, 4) is 5.75 Å². The minimum Gasteiger partial charge on any atom is -0.495 e. The Bertz CT molecular complexity index is 1010. The maximum absolute atomic E-state index is 12.6. The second-order valence-corrected chi connectivity index (χ2v) is 8.24. The van der Waals surface area contributed by atoms with Crippen LogP contribution in [0, 0.1) is 0 Å². The van der Waals surface area contributed by atoms with Gasteiger partial charge >= 0.3 is 6.18 Å². The molecular weight excluding hydrogens is 409 g/mol. The van der Waals surface area contributed by atoms with Crippen molar-refractivity contribution >= 4 is 27.7 Å². The van der Waals surface area contributed by atoms with Crippen molar-refractivity contribution in [2.75, 3.05) is 26.5 Å². The number of hydrogen-bond acceptors (Lipinski definition) is 4. The first-order valence-electron chi connectivity index (χ1n) is 8.22. The molecule has 2 aromatic rings. The number of amides is 1. The quantitative estimate of drug-likeness (QED) is 0.714. The highest BCUT2D eigenvalue weighted by molar-refractivity contribution is 7.89. The molecule has 0 saturated carbocycles. The van der Waals surface area contributed by atoms with Gasteiger partial charge in [-0.3, -0.25) is 4.79 Å². The average Bonchev–Trinajstić information content (AvgIpc) is 2.65. The Morgan fingerprint density at radius 2 is 1.72 bits per heavy atom. The van der Waals surface area contributed by atoms with E-state index in [4.69, 9.17) is 4.74 Å². The number of nitrogens with zero attached hydrogens (tertiary/aromatic N) is 1. The number of hydrogen-bond donors (Lipinski definition) is 1. The molecule has 10 heteroatoms. The molecule has 2 aromatic carbocycles. The van der Waals surface area contributed by atoms with Gasteiger partial charge in [0.2, 0.25) is 15.9 Å². The van der Waals surface area contributed by atoms with Crippen LogP contribution in [0.5, 0.6) is 5.75 Å². The number of nitrogens with one attached hydrogen (secondary N) is 1. The number of methoxy groups -OCH3 is 1. The third kappa shape index (κ3) is 5.58.